The zero-order valence-electron chi connectivity index (χ0n) is 12.5. The van der Waals surface area contributed by atoms with Gasteiger partial charge in [-0.15, -0.1) is 0 Å². The lowest BCUT2D eigenvalue weighted by molar-refractivity contribution is -0.0839. The van der Waals surface area contributed by atoms with Crippen molar-refractivity contribution in [2.45, 2.75) is 5.79 Å². The molecule has 2 aliphatic rings. The first-order chi connectivity index (χ1) is 11.7. The average Bonchev–Trinajstić information content (AvgIpc) is 2.62. The van der Waals surface area contributed by atoms with E-state index in [1.807, 2.05) is 36.4 Å². The quantitative estimate of drug-likeness (QED) is 0.683. The van der Waals surface area contributed by atoms with Crippen LogP contribution in [-0.4, -0.2) is 10.9 Å². The maximum absolute atomic E-state index is 12.2. The SMILES string of the molecule is O=C1C=C[C@]2(Oc3cccc4c(O)ccc(c34)O2)c2ccccc21. The van der Waals surface area contributed by atoms with Crippen molar-refractivity contribution in [3.8, 4) is 17.2 Å². The normalized spacial score (nSPS) is 20.6. The third-order valence-corrected chi connectivity index (χ3v) is 4.49. The van der Waals surface area contributed by atoms with Gasteiger partial charge in [0.25, 0.3) is 5.79 Å². The van der Waals surface area contributed by atoms with Crippen molar-refractivity contribution in [2.24, 2.45) is 0 Å². The van der Waals surface area contributed by atoms with Gasteiger partial charge in [0.15, 0.2) is 5.78 Å². The molecule has 0 unspecified atom stereocenters. The second kappa shape index (κ2) is 4.38. The second-order valence-electron chi connectivity index (χ2n) is 5.88. The molecule has 116 valence electrons. The molecule has 0 saturated carbocycles. The van der Waals surface area contributed by atoms with Crippen LogP contribution in [0.25, 0.3) is 10.8 Å². The predicted molar refractivity (Wildman–Crippen MR) is 88.5 cm³/mol. The van der Waals surface area contributed by atoms with Crippen molar-refractivity contribution in [1.29, 1.82) is 0 Å². The number of aromatic hydroxyl groups is 1. The molecule has 1 heterocycles. The molecule has 1 N–H and O–H groups in total. The summed E-state index contributed by atoms with van der Waals surface area (Å²) in [5.41, 5.74) is 1.24. The molecule has 0 radical (unpaired) electrons. The number of hydrogen-bond donors (Lipinski definition) is 1. The number of carbonyl (C=O) groups excluding carboxylic acids is 1. The summed E-state index contributed by atoms with van der Waals surface area (Å²) in [6.07, 6.45) is 3.13. The van der Waals surface area contributed by atoms with Crippen LogP contribution in [-0.2, 0) is 5.79 Å². The molecule has 0 fully saturated rings. The fourth-order valence-corrected chi connectivity index (χ4v) is 3.39. The van der Waals surface area contributed by atoms with E-state index in [1.165, 1.54) is 6.08 Å². The van der Waals surface area contributed by atoms with Crippen molar-refractivity contribution in [1.82, 2.24) is 0 Å². The van der Waals surface area contributed by atoms with Crippen LogP contribution >= 0.6 is 0 Å². The van der Waals surface area contributed by atoms with E-state index in [9.17, 15) is 9.90 Å². The van der Waals surface area contributed by atoms with E-state index in [0.29, 0.717) is 28.0 Å². The summed E-state index contributed by atoms with van der Waals surface area (Å²) in [4.78, 5) is 12.2. The standard InChI is InChI=1S/C20H12O4/c21-15-8-9-18-19-13(15)5-3-7-17(19)23-20(24-18)11-10-16(22)12-4-1-2-6-14(12)20/h1-11,21H/t20-/m1/s1. The lowest BCUT2D eigenvalue weighted by atomic mass is 9.90. The monoisotopic (exact) mass is 316 g/mol. The summed E-state index contributed by atoms with van der Waals surface area (Å²) in [5, 5.41) is 11.5. The minimum absolute atomic E-state index is 0.0712. The largest absolute Gasteiger partial charge is 0.507 e. The fraction of sp³-hybridized carbons (Fsp3) is 0.0500. The highest BCUT2D eigenvalue weighted by molar-refractivity contribution is 6.07. The molecular formula is C20H12O4. The van der Waals surface area contributed by atoms with E-state index < -0.39 is 5.79 Å². The van der Waals surface area contributed by atoms with Crippen LogP contribution in [0.5, 0.6) is 17.2 Å². The Labute approximate surface area is 137 Å². The number of phenolic OH excluding ortho intramolecular Hbond substituents is 1. The number of carbonyl (C=O) groups is 1. The number of benzene rings is 3. The molecule has 3 aromatic carbocycles. The smallest absolute Gasteiger partial charge is 0.299 e. The Bertz CT molecular complexity index is 1040. The van der Waals surface area contributed by atoms with E-state index in [2.05, 4.69) is 0 Å². The lowest BCUT2D eigenvalue weighted by Crippen LogP contribution is -2.42. The Balaban J connectivity index is 1.78. The highest BCUT2D eigenvalue weighted by atomic mass is 16.7. The number of hydrogen-bond acceptors (Lipinski definition) is 4. The first-order valence-corrected chi connectivity index (χ1v) is 7.64. The van der Waals surface area contributed by atoms with Crippen LogP contribution < -0.4 is 9.47 Å². The third-order valence-electron chi connectivity index (χ3n) is 4.49. The van der Waals surface area contributed by atoms with Gasteiger partial charge >= 0.3 is 0 Å². The first kappa shape index (κ1) is 13.2. The van der Waals surface area contributed by atoms with Crippen molar-refractivity contribution in [3.63, 3.8) is 0 Å². The molecule has 5 rings (SSSR count). The highest BCUT2D eigenvalue weighted by Crippen LogP contribution is 2.48. The number of phenols is 1. The summed E-state index contributed by atoms with van der Waals surface area (Å²) in [5.74, 6) is 0.145. The molecular weight excluding hydrogens is 304 g/mol. The molecule has 4 heteroatoms. The number of allylic oxidation sites excluding steroid dienone is 1. The van der Waals surface area contributed by atoms with Crippen LogP contribution in [0.2, 0.25) is 0 Å². The van der Waals surface area contributed by atoms with Gasteiger partial charge in [-0.05, 0) is 24.3 Å². The molecule has 0 bridgehead atoms. The third kappa shape index (κ3) is 1.60. The van der Waals surface area contributed by atoms with E-state index in [0.717, 1.165) is 5.39 Å². The van der Waals surface area contributed by atoms with Gasteiger partial charge in [-0.1, -0.05) is 36.4 Å². The molecule has 1 atom stereocenters. The van der Waals surface area contributed by atoms with Gasteiger partial charge in [0.2, 0.25) is 0 Å². The number of ketones is 1. The summed E-state index contributed by atoms with van der Waals surface area (Å²) in [7, 11) is 0. The molecule has 1 aliphatic carbocycles. The van der Waals surface area contributed by atoms with E-state index in [-0.39, 0.29) is 11.5 Å². The molecule has 3 aromatic rings. The van der Waals surface area contributed by atoms with Gasteiger partial charge in [-0.3, -0.25) is 4.79 Å². The topological polar surface area (TPSA) is 55.8 Å². The van der Waals surface area contributed by atoms with Gasteiger partial charge in [-0.25, -0.2) is 0 Å². The average molecular weight is 316 g/mol. The summed E-state index contributed by atoms with van der Waals surface area (Å²) >= 11 is 0. The minimum Gasteiger partial charge on any atom is -0.507 e. The van der Waals surface area contributed by atoms with E-state index in [4.69, 9.17) is 9.47 Å². The van der Waals surface area contributed by atoms with Crippen molar-refractivity contribution in [2.75, 3.05) is 0 Å². The fourth-order valence-electron chi connectivity index (χ4n) is 3.39. The second-order valence-corrected chi connectivity index (χ2v) is 5.88. The van der Waals surface area contributed by atoms with Crippen molar-refractivity contribution in [3.05, 3.63) is 77.9 Å². The number of ether oxygens (including phenoxy) is 2. The predicted octanol–water partition coefficient (Wildman–Crippen LogP) is 3.92. The highest BCUT2D eigenvalue weighted by Gasteiger charge is 2.43. The lowest BCUT2D eigenvalue weighted by Gasteiger charge is -2.39. The van der Waals surface area contributed by atoms with Crippen LogP contribution in [0.4, 0.5) is 0 Å². The maximum Gasteiger partial charge on any atom is 0.299 e. The number of fused-ring (bicyclic) bond motifs is 2. The zero-order chi connectivity index (χ0) is 16.3. The Hall–Kier alpha value is -3.27. The molecule has 24 heavy (non-hydrogen) atoms. The first-order valence-electron chi connectivity index (χ1n) is 7.64. The molecule has 0 amide bonds. The molecule has 1 aliphatic heterocycles. The van der Waals surface area contributed by atoms with E-state index >= 15 is 0 Å². The maximum atomic E-state index is 12.2. The summed E-state index contributed by atoms with van der Waals surface area (Å²) < 4.78 is 12.4. The molecule has 4 nitrogen and oxygen atoms in total. The van der Waals surface area contributed by atoms with Crippen LogP contribution in [0.1, 0.15) is 15.9 Å². The van der Waals surface area contributed by atoms with Crippen molar-refractivity contribution >= 4 is 16.6 Å². The van der Waals surface area contributed by atoms with E-state index in [1.54, 1.807) is 24.3 Å². The Morgan fingerprint density at radius 1 is 0.875 bits per heavy atom. The zero-order valence-corrected chi connectivity index (χ0v) is 12.5. The summed E-state index contributed by atoms with van der Waals surface area (Å²) in [6.45, 7) is 0. The van der Waals surface area contributed by atoms with Gasteiger partial charge < -0.3 is 14.6 Å². The molecule has 0 saturated heterocycles. The molecule has 1 spiro atoms. The summed E-state index contributed by atoms with van der Waals surface area (Å²) in [6, 6.07) is 16.1. The van der Waals surface area contributed by atoms with Gasteiger partial charge in [0.05, 0.1) is 10.9 Å². The van der Waals surface area contributed by atoms with Gasteiger partial charge in [0, 0.05) is 17.0 Å². The Kier molecular flexibility index (Phi) is 2.41. The molecule has 0 aromatic heterocycles. The van der Waals surface area contributed by atoms with Crippen molar-refractivity contribution < 1.29 is 19.4 Å². The Morgan fingerprint density at radius 3 is 2.54 bits per heavy atom. The van der Waals surface area contributed by atoms with Crippen LogP contribution in [0.3, 0.4) is 0 Å². The number of rotatable bonds is 0. The van der Waals surface area contributed by atoms with Crippen LogP contribution in [0.15, 0.2) is 66.7 Å². The van der Waals surface area contributed by atoms with Gasteiger partial charge in [0.1, 0.15) is 17.2 Å². The van der Waals surface area contributed by atoms with Crippen LogP contribution in [0, 0.1) is 0 Å². The minimum atomic E-state index is -1.18. The van der Waals surface area contributed by atoms with Gasteiger partial charge in [-0.2, -0.15) is 0 Å². The Morgan fingerprint density at radius 2 is 1.67 bits per heavy atom.